The molecule has 4 rings (SSSR count). The van der Waals surface area contributed by atoms with Gasteiger partial charge < -0.3 is 0 Å². The van der Waals surface area contributed by atoms with Crippen molar-refractivity contribution in [2.45, 2.75) is 134 Å². The lowest BCUT2D eigenvalue weighted by atomic mass is 9.62. The Morgan fingerprint density at radius 3 is 1.65 bits per heavy atom. The van der Waals surface area contributed by atoms with Crippen molar-refractivity contribution in [3.63, 3.8) is 0 Å². The maximum Gasteiger partial charge on any atom is 0.522 e. The molecule has 0 spiro atoms. The highest BCUT2D eigenvalue weighted by Gasteiger charge is 2.49. The Morgan fingerprint density at radius 2 is 1.14 bits per heavy atom. The van der Waals surface area contributed by atoms with Gasteiger partial charge in [-0.1, -0.05) is 25.0 Å². The fourth-order valence-corrected chi connectivity index (χ4v) is 8.48. The van der Waals surface area contributed by atoms with Crippen molar-refractivity contribution >= 4 is 0 Å². The minimum absolute atomic E-state index is 0.250. The normalized spacial score (nSPS) is 44.2. The van der Waals surface area contributed by atoms with Gasteiger partial charge in [-0.05, 0) is 132 Å². The van der Waals surface area contributed by atoms with Crippen LogP contribution in [0.25, 0.3) is 0 Å². The van der Waals surface area contributed by atoms with Gasteiger partial charge in [0, 0.05) is 0 Å². The molecule has 0 N–H and O–H groups in total. The van der Waals surface area contributed by atoms with E-state index in [4.69, 9.17) is 0 Å². The first kappa shape index (κ1) is 29.3. The van der Waals surface area contributed by atoms with E-state index in [2.05, 4.69) is 23.8 Å². The Labute approximate surface area is 219 Å². The summed E-state index contributed by atoms with van der Waals surface area (Å²) < 4.78 is 85.3. The molecule has 0 aromatic rings. The maximum atomic E-state index is 15.3. The molecular formula is C30H46F6O. The van der Waals surface area contributed by atoms with Gasteiger partial charge in [0.1, 0.15) is 24.6 Å². The molecule has 0 heterocycles. The third-order valence-corrected chi connectivity index (χ3v) is 10.5. The molecule has 4 fully saturated rings. The van der Waals surface area contributed by atoms with E-state index < -0.39 is 42.8 Å². The zero-order valence-corrected chi connectivity index (χ0v) is 22.3. The Kier molecular flexibility index (Phi) is 10.4. The number of allylic oxidation sites excluding steroid dienone is 2. The molecule has 0 radical (unpaired) electrons. The molecule has 5 unspecified atom stereocenters. The molecular weight excluding hydrogens is 490 g/mol. The van der Waals surface area contributed by atoms with Crippen molar-refractivity contribution in [1.82, 2.24) is 0 Å². The van der Waals surface area contributed by atoms with Gasteiger partial charge in [-0.15, -0.1) is 13.2 Å². The molecule has 37 heavy (non-hydrogen) atoms. The van der Waals surface area contributed by atoms with Crippen molar-refractivity contribution in [1.29, 1.82) is 0 Å². The fourth-order valence-electron chi connectivity index (χ4n) is 8.48. The van der Waals surface area contributed by atoms with Gasteiger partial charge >= 0.3 is 6.36 Å². The second-order valence-electron chi connectivity index (χ2n) is 12.6. The van der Waals surface area contributed by atoms with Crippen molar-refractivity contribution in [3.8, 4) is 0 Å². The topological polar surface area (TPSA) is 9.23 Å². The minimum Gasteiger partial charge on any atom is -0.282 e. The van der Waals surface area contributed by atoms with E-state index in [0.29, 0.717) is 24.7 Å². The molecule has 1 nitrogen and oxygen atoms in total. The molecule has 0 amide bonds. The first-order chi connectivity index (χ1) is 17.6. The summed E-state index contributed by atoms with van der Waals surface area (Å²) in [5.41, 5.74) is 0. The van der Waals surface area contributed by atoms with Crippen LogP contribution in [0.3, 0.4) is 0 Å². The van der Waals surface area contributed by atoms with Crippen LogP contribution in [0.2, 0.25) is 0 Å². The predicted octanol–water partition coefficient (Wildman–Crippen LogP) is 9.70. The summed E-state index contributed by atoms with van der Waals surface area (Å²) in [6.07, 6.45) is 6.11. The van der Waals surface area contributed by atoms with E-state index in [0.717, 1.165) is 37.0 Å². The molecule has 4 saturated carbocycles. The summed E-state index contributed by atoms with van der Waals surface area (Å²) in [6.45, 7) is 2.08. The van der Waals surface area contributed by atoms with Crippen molar-refractivity contribution < 1.29 is 31.1 Å². The van der Waals surface area contributed by atoms with Crippen molar-refractivity contribution in [2.24, 2.45) is 41.4 Å². The Bertz CT molecular complexity index is 697. The van der Waals surface area contributed by atoms with Gasteiger partial charge in [0.05, 0.1) is 0 Å². The molecule has 0 aromatic carbocycles. The number of halogens is 6. The quantitative estimate of drug-likeness (QED) is 0.232. The van der Waals surface area contributed by atoms with Crippen LogP contribution >= 0.6 is 0 Å². The zero-order valence-electron chi connectivity index (χ0n) is 22.3. The van der Waals surface area contributed by atoms with E-state index in [1.54, 1.807) is 0 Å². The van der Waals surface area contributed by atoms with E-state index in [-0.39, 0.29) is 12.8 Å². The Balaban J connectivity index is 1.19. The largest absolute Gasteiger partial charge is 0.522 e. The highest BCUT2D eigenvalue weighted by atomic mass is 19.4. The van der Waals surface area contributed by atoms with Gasteiger partial charge in [-0.2, -0.15) is 0 Å². The van der Waals surface area contributed by atoms with Crippen LogP contribution in [-0.4, -0.2) is 31.0 Å². The summed E-state index contributed by atoms with van der Waals surface area (Å²) in [4.78, 5) is 0. The van der Waals surface area contributed by atoms with Crippen LogP contribution in [0.15, 0.2) is 12.2 Å². The second-order valence-corrected chi connectivity index (χ2v) is 12.6. The van der Waals surface area contributed by atoms with Crippen LogP contribution in [0.1, 0.15) is 103 Å². The zero-order chi connectivity index (χ0) is 26.6. The predicted molar refractivity (Wildman–Crippen MR) is 134 cm³/mol. The van der Waals surface area contributed by atoms with E-state index in [1.165, 1.54) is 51.4 Å². The number of hydrogen-bond acceptors (Lipinski definition) is 1. The molecule has 0 bridgehead atoms. The van der Waals surface area contributed by atoms with Gasteiger partial charge in [0.15, 0.2) is 0 Å². The maximum absolute atomic E-state index is 15.3. The highest BCUT2D eigenvalue weighted by Crippen LogP contribution is 2.49. The molecule has 4 aliphatic rings. The van der Waals surface area contributed by atoms with Crippen molar-refractivity contribution in [3.05, 3.63) is 12.2 Å². The lowest BCUT2D eigenvalue weighted by molar-refractivity contribution is -0.358. The monoisotopic (exact) mass is 536 g/mol. The Morgan fingerprint density at radius 1 is 0.649 bits per heavy atom. The smallest absolute Gasteiger partial charge is 0.282 e. The average molecular weight is 537 g/mol. The molecule has 0 aliphatic heterocycles. The lowest BCUT2D eigenvalue weighted by Crippen LogP contribution is -2.48. The summed E-state index contributed by atoms with van der Waals surface area (Å²) in [7, 11) is 0. The van der Waals surface area contributed by atoms with E-state index >= 15 is 4.39 Å². The number of rotatable bonds is 7. The van der Waals surface area contributed by atoms with E-state index in [1.807, 2.05) is 0 Å². The molecule has 0 aromatic heterocycles. The standard InChI is InChI=1S/C30H46F6O/c1-2-3-4-5-19-6-8-20(9-7-19)21-10-12-22(13-11-21)23-14-15-25(26(31)16-23)24-17-27(32)29(28(33)18-24)37-30(34,35)36/h2-3,19-29H,4-18H2,1H3/b3-2+. The van der Waals surface area contributed by atoms with Gasteiger partial charge in [-0.3, -0.25) is 4.74 Å². The van der Waals surface area contributed by atoms with Crippen LogP contribution in [0.4, 0.5) is 26.3 Å². The molecule has 7 heteroatoms. The second kappa shape index (κ2) is 13.1. The van der Waals surface area contributed by atoms with E-state index in [9.17, 15) is 22.0 Å². The lowest BCUT2D eigenvalue weighted by Gasteiger charge is -2.45. The van der Waals surface area contributed by atoms with Crippen LogP contribution in [-0.2, 0) is 4.74 Å². The van der Waals surface area contributed by atoms with Gasteiger partial charge in [0.25, 0.3) is 0 Å². The third kappa shape index (κ3) is 7.91. The summed E-state index contributed by atoms with van der Waals surface area (Å²) in [5, 5.41) is 0. The Hall–Kier alpha value is -0.720. The highest BCUT2D eigenvalue weighted by molar-refractivity contribution is 4.95. The van der Waals surface area contributed by atoms with Gasteiger partial charge in [-0.25, -0.2) is 13.2 Å². The summed E-state index contributed by atoms with van der Waals surface area (Å²) in [5.74, 6) is 2.38. The third-order valence-electron chi connectivity index (χ3n) is 10.5. The first-order valence-corrected chi connectivity index (χ1v) is 14.9. The molecule has 4 aliphatic carbocycles. The SMILES string of the molecule is C/C=C/CCC1CCC(C2CCC(C3CCC(C4CC(F)C(OC(F)(F)F)C(F)C4)C(F)C3)CC2)CC1. The van der Waals surface area contributed by atoms with Crippen LogP contribution in [0, 0.1) is 41.4 Å². The summed E-state index contributed by atoms with van der Waals surface area (Å²) in [6, 6.07) is 0. The van der Waals surface area contributed by atoms with Crippen molar-refractivity contribution in [2.75, 3.05) is 0 Å². The number of ether oxygens (including phenoxy) is 1. The van der Waals surface area contributed by atoms with Gasteiger partial charge in [0.2, 0.25) is 0 Å². The van der Waals surface area contributed by atoms with Crippen LogP contribution in [0.5, 0.6) is 0 Å². The minimum atomic E-state index is -5.07. The first-order valence-electron chi connectivity index (χ1n) is 14.9. The number of alkyl halides is 6. The molecule has 5 atom stereocenters. The fraction of sp³-hybridized carbons (Fsp3) is 0.933. The average Bonchev–Trinajstić information content (AvgIpc) is 2.86. The van der Waals surface area contributed by atoms with Crippen LogP contribution < -0.4 is 0 Å². The number of hydrogen-bond donors (Lipinski definition) is 0. The molecule has 0 saturated heterocycles. The summed E-state index contributed by atoms with van der Waals surface area (Å²) >= 11 is 0. The molecule has 214 valence electrons.